The highest BCUT2D eigenvalue weighted by atomic mass is 16.5. The Morgan fingerprint density at radius 1 is 1.09 bits per heavy atom. The summed E-state index contributed by atoms with van der Waals surface area (Å²) in [4.78, 5) is 36.1. The SMILES string of the molecule is CC[C@H](CC(=O)N[C@@H]1CCO[C@@H]1C(=O)O)NC(=O)OCC1c2ccccc2-c2ccccc21. The summed E-state index contributed by atoms with van der Waals surface area (Å²) in [5.41, 5.74) is 4.57. The molecule has 0 bridgehead atoms. The van der Waals surface area contributed by atoms with Gasteiger partial charge in [0.05, 0.1) is 6.04 Å². The van der Waals surface area contributed by atoms with Crippen molar-refractivity contribution in [2.75, 3.05) is 13.2 Å². The summed E-state index contributed by atoms with van der Waals surface area (Å²) in [6.07, 6.45) is -0.613. The number of hydrogen-bond donors (Lipinski definition) is 3. The average molecular weight is 453 g/mol. The van der Waals surface area contributed by atoms with Crippen molar-refractivity contribution >= 4 is 18.0 Å². The third-order valence-electron chi connectivity index (χ3n) is 6.27. The minimum Gasteiger partial charge on any atom is -0.479 e. The molecule has 2 amide bonds. The number of amides is 2. The molecule has 0 unspecified atom stereocenters. The molecule has 0 radical (unpaired) electrons. The molecule has 1 aliphatic carbocycles. The number of rotatable bonds is 8. The Morgan fingerprint density at radius 2 is 1.73 bits per heavy atom. The molecule has 0 spiro atoms. The molecule has 2 aromatic rings. The minimum absolute atomic E-state index is 0.0313. The molecule has 3 N–H and O–H groups in total. The topological polar surface area (TPSA) is 114 Å². The highest BCUT2D eigenvalue weighted by Gasteiger charge is 2.35. The van der Waals surface area contributed by atoms with Crippen LogP contribution in [0.4, 0.5) is 4.79 Å². The van der Waals surface area contributed by atoms with Gasteiger partial charge in [-0.15, -0.1) is 0 Å². The summed E-state index contributed by atoms with van der Waals surface area (Å²) < 4.78 is 10.7. The van der Waals surface area contributed by atoms with Crippen molar-refractivity contribution in [3.05, 3.63) is 59.7 Å². The zero-order chi connectivity index (χ0) is 23.4. The molecule has 1 fully saturated rings. The van der Waals surface area contributed by atoms with E-state index >= 15 is 0 Å². The zero-order valence-electron chi connectivity index (χ0n) is 18.5. The van der Waals surface area contributed by atoms with Crippen LogP contribution in [-0.4, -0.2) is 54.5 Å². The molecule has 1 heterocycles. The number of alkyl carbamates (subject to hydrolysis) is 1. The number of carbonyl (C=O) groups is 3. The van der Waals surface area contributed by atoms with Crippen LogP contribution >= 0.6 is 0 Å². The first-order valence-electron chi connectivity index (χ1n) is 11.2. The maximum Gasteiger partial charge on any atom is 0.407 e. The van der Waals surface area contributed by atoms with E-state index in [2.05, 4.69) is 34.9 Å². The van der Waals surface area contributed by atoms with Gasteiger partial charge in [0.2, 0.25) is 5.91 Å². The minimum atomic E-state index is -1.10. The second-order valence-corrected chi connectivity index (χ2v) is 8.37. The van der Waals surface area contributed by atoms with Crippen molar-refractivity contribution in [2.24, 2.45) is 0 Å². The largest absolute Gasteiger partial charge is 0.479 e. The number of benzene rings is 2. The molecular weight excluding hydrogens is 424 g/mol. The van der Waals surface area contributed by atoms with Gasteiger partial charge < -0.3 is 25.2 Å². The van der Waals surface area contributed by atoms with Crippen LogP contribution in [0.5, 0.6) is 0 Å². The van der Waals surface area contributed by atoms with E-state index in [1.807, 2.05) is 31.2 Å². The summed E-state index contributed by atoms with van der Waals surface area (Å²) in [6, 6.07) is 15.2. The van der Waals surface area contributed by atoms with E-state index < -0.39 is 30.3 Å². The summed E-state index contributed by atoms with van der Waals surface area (Å²) in [5.74, 6) is -1.47. The van der Waals surface area contributed by atoms with Gasteiger partial charge in [0, 0.05) is 25.0 Å². The lowest BCUT2D eigenvalue weighted by atomic mass is 9.98. The molecule has 3 atom stereocenters. The average Bonchev–Trinajstić information content (AvgIpc) is 3.40. The predicted molar refractivity (Wildman–Crippen MR) is 121 cm³/mol. The third kappa shape index (κ3) is 5.01. The van der Waals surface area contributed by atoms with Gasteiger partial charge in [-0.2, -0.15) is 0 Å². The Kier molecular flexibility index (Phi) is 6.93. The van der Waals surface area contributed by atoms with Gasteiger partial charge in [0.1, 0.15) is 6.61 Å². The van der Waals surface area contributed by atoms with Crippen LogP contribution in [0.1, 0.15) is 43.2 Å². The fourth-order valence-electron chi connectivity index (χ4n) is 4.57. The predicted octanol–water partition coefficient (Wildman–Crippen LogP) is 3.05. The number of carboxylic acids is 1. The number of carbonyl (C=O) groups excluding carboxylic acids is 2. The van der Waals surface area contributed by atoms with Gasteiger partial charge in [0.25, 0.3) is 0 Å². The van der Waals surface area contributed by atoms with Crippen molar-refractivity contribution in [2.45, 2.75) is 50.3 Å². The van der Waals surface area contributed by atoms with Crippen molar-refractivity contribution in [3.8, 4) is 11.1 Å². The summed E-state index contributed by atoms with van der Waals surface area (Å²) in [5, 5.41) is 14.6. The van der Waals surface area contributed by atoms with E-state index in [0.717, 1.165) is 22.3 Å². The summed E-state index contributed by atoms with van der Waals surface area (Å²) in [6.45, 7) is 2.35. The first-order chi connectivity index (χ1) is 16.0. The molecule has 0 saturated carbocycles. The van der Waals surface area contributed by atoms with Crippen LogP contribution in [0.25, 0.3) is 11.1 Å². The Bertz CT molecular complexity index is 994. The molecule has 8 heteroatoms. The smallest absolute Gasteiger partial charge is 0.407 e. The normalized spacial score (nSPS) is 19.9. The van der Waals surface area contributed by atoms with Crippen molar-refractivity contribution in [3.63, 3.8) is 0 Å². The number of fused-ring (bicyclic) bond motifs is 3. The lowest BCUT2D eigenvalue weighted by molar-refractivity contribution is -0.148. The van der Waals surface area contributed by atoms with Crippen LogP contribution in [0.2, 0.25) is 0 Å². The van der Waals surface area contributed by atoms with Gasteiger partial charge in [0.15, 0.2) is 6.10 Å². The number of aliphatic carboxylic acids is 1. The summed E-state index contributed by atoms with van der Waals surface area (Å²) >= 11 is 0. The number of hydrogen-bond acceptors (Lipinski definition) is 5. The highest BCUT2D eigenvalue weighted by molar-refractivity contribution is 5.81. The standard InChI is InChI=1S/C25H28N2O6/c1-2-15(13-22(28)27-21-11-12-32-23(21)24(29)30)26-25(31)33-14-20-18-9-5-3-7-16(18)17-8-4-6-10-19(17)20/h3-10,15,20-21,23H,2,11-14H2,1H3,(H,26,31)(H,27,28)(H,29,30)/t15-,21-,23+/m1/s1. The fraction of sp³-hybridized carbons (Fsp3) is 0.400. The molecule has 0 aromatic heterocycles. The van der Waals surface area contributed by atoms with Gasteiger partial charge in [-0.1, -0.05) is 55.5 Å². The van der Waals surface area contributed by atoms with E-state index in [4.69, 9.17) is 14.6 Å². The number of carboxylic acid groups (broad SMARTS) is 1. The van der Waals surface area contributed by atoms with E-state index in [1.165, 1.54) is 0 Å². The molecule has 2 aromatic carbocycles. The second-order valence-electron chi connectivity index (χ2n) is 8.37. The van der Waals surface area contributed by atoms with E-state index in [1.54, 1.807) is 0 Å². The van der Waals surface area contributed by atoms with Crippen molar-refractivity contribution in [1.29, 1.82) is 0 Å². The monoisotopic (exact) mass is 452 g/mol. The second kappa shape index (κ2) is 10.0. The van der Waals surface area contributed by atoms with Gasteiger partial charge in [-0.05, 0) is 35.1 Å². The van der Waals surface area contributed by atoms with E-state index in [9.17, 15) is 14.4 Å². The molecule has 8 nitrogen and oxygen atoms in total. The van der Waals surface area contributed by atoms with Crippen molar-refractivity contribution in [1.82, 2.24) is 10.6 Å². The molecule has 33 heavy (non-hydrogen) atoms. The molecular formula is C25H28N2O6. The van der Waals surface area contributed by atoms with E-state index in [-0.39, 0.29) is 31.5 Å². The maximum absolute atomic E-state index is 12.5. The third-order valence-corrected chi connectivity index (χ3v) is 6.27. The molecule has 174 valence electrons. The van der Waals surface area contributed by atoms with Gasteiger partial charge >= 0.3 is 12.1 Å². The molecule has 1 aliphatic heterocycles. The Balaban J connectivity index is 1.31. The number of ether oxygens (including phenoxy) is 2. The van der Waals surface area contributed by atoms with Crippen LogP contribution in [0.3, 0.4) is 0 Å². The Morgan fingerprint density at radius 3 is 2.33 bits per heavy atom. The Hall–Kier alpha value is -3.39. The van der Waals surface area contributed by atoms with Gasteiger partial charge in [-0.3, -0.25) is 4.79 Å². The van der Waals surface area contributed by atoms with Gasteiger partial charge in [-0.25, -0.2) is 9.59 Å². The molecule has 2 aliphatic rings. The van der Waals surface area contributed by atoms with Crippen LogP contribution in [-0.2, 0) is 19.1 Å². The lowest BCUT2D eigenvalue weighted by Crippen LogP contribution is -2.46. The lowest BCUT2D eigenvalue weighted by Gasteiger charge is -2.21. The molecule has 1 saturated heterocycles. The van der Waals surface area contributed by atoms with Crippen LogP contribution in [0.15, 0.2) is 48.5 Å². The first-order valence-corrected chi connectivity index (χ1v) is 11.2. The highest BCUT2D eigenvalue weighted by Crippen LogP contribution is 2.44. The summed E-state index contributed by atoms with van der Waals surface area (Å²) in [7, 11) is 0. The Labute approximate surface area is 192 Å². The zero-order valence-corrected chi connectivity index (χ0v) is 18.5. The van der Waals surface area contributed by atoms with Crippen molar-refractivity contribution < 1.29 is 29.0 Å². The first kappa shape index (κ1) is 22.8. The van der Waals surface area contributed by atoms with E-state index in [0.29, 0.717) is 12.8 Å². The molecule has 4 rings (SSSR count). The fourth-order valence-corrected chi connectivity index (χ4v) is 4.57. The van der Waals surface area contributed by atoms with Crippen LogP contribution < -0.4 is 10.6 Å². The quantitative estimate of drug-likeness (QED) is 0.567. The van der Waals surface area contributed by atoms with Crippen LogP contribution in [0, 0.1) is 0 Å². The number of nitrogens with one attached hydrogen (secondary N) is 2. The maximum atomic E-state index is 12.5.